The Morgan fingerprint density at radius 1 is 1.59 bits per heavy atom. The molecule has 17 heavy (non-hydrogen) atoms. The summed E-state index contributed by atoms with van der Waals surface area (Å²) in [6.45, 7) is 3.10. The molecule has 1 aromatic rings. The van der Waals surface area contributed by atoms with Gasteiger partial charge in [0.15, 0.2) is 0 Å². The van der Waals surface area contributed by atoms with Crippen LogP contribution in [0.25, 0.3) is 0 Å². The van der Waals surface area contributed by atoms with Crippen molar-refractivity contribution < 1.29 is 4.79 Å². The summed E-state index contributed by atoms with van der Waals surface area (Å²) in [4.78, 5) is 16.1. The Kier molecular flexibility index (Phi) is 4.12. The SMILES string of the molecule is CC1CCNC(C(=O)Nc2ccc(Br)nc2)C1. The zero-order valence-corrected chi connectivity index (χ0v) is 11.3. The molecule has 1 aliphatic heterocycles. The van der Waals surface area contributed by atoms with Gasteiger partial charge in [-0.05, 0) is 53.4 Å². The van der Waals surface area contributed by atoms with Gasteiger partial charge >= 0.3 is 0 Å². The second kappa shape index (κ2) is 5.60. The maximum Gasteiger partial charge on any atom is 0.241 e. The minimum atomic E-state index is -0.0811. The van der Waals surface area contributed by atoms with Gasteiger partial charge in [0.25, 0.3) is 0 Å². The zero-order valence-electron chi connectivity index (χ0n) is 9.74. The average molecular weight is 298 g/mol. The third-order valence-electron chi connectivity index (χ3n) is 2.98. The monoisotopic (exact) mass is 297 g/mol. The molecule has 0 saturated carbocycles. The lowest BCUT2D eigenvalue weighted by Crippen LogP contribution is -2.45. The largest absolute Gasteiger partial charge is 0.323 e. The number of nitrogens with one attached hydrogen (secondary N) is 2. The molecule has 0 bridgehead atoms. The molecule has 5 heteroatoms. The van der Waals surface area contributed by atoms with Crippen LogP contribution in [0.2, 0.25) is 0 Å². The number of hydrogen-bond acceptors (Lipinski definition) is 3. The molecule has 1 saturated heterocycles. The molecule has 1 fully saturated rings. The normalized spacial score (nSPS) is 24.4. The van der Waals surface area contributed by atoms with Crippen LogP contribution in [0.3, 0.4) is 0 Å². The predicted molar refractivity (Wildman–Crippen MR) is 70.8 cm³/mol. The van der Waals surface area contributed by atoms with Crippen molar-refractivity contribution in [3.05, 3.63) is 22.9 Å². The molecule has 2 unspecified atom stereocenters. The maximum atomic E-state index is 12.0. The first-order chi connectivity index (χ1) is 8.15. The molecule has 2 atom stereocenters. The van der Waals surface area contributed by atoms with Crippen LogP contribution in [0.15, 0.2) is 22.9 Å². The van der Waals surface area contributed by atoms with Crippen LogP contribution in [0.5, 0.6) is 0 Å². The lowest BCUT2D eigenvalue weighted by molar-refractivity contribution is -0.119. The summed E-state index contributed by atoms with van der Waals surface area (Å²) in [5.74, 6) is 0.635. The van der Waals surface area contributed by atoms with E-state index in [-0.39, 0.29) is 11.9 Å². The minimum Gasteiger partial charge on any atom is -0.323 e. The topological polar surface area (TPSA) is 54.0 Å². The first-order valence-electron chi connectivity index (χ1n) is 5.81. The number of amides is 1. The third-order valence-corrected chi connectivity index (χ3v) is 3.45. The molecule has 1 amide bonds. The van der Waals surface area contributed by atoms with E-state index in [1.165, 1.54) is 0 Å². The molecular weight excluding hydrogens is 282 g/mol. The van der Waals surface area contributed by atoms with Crippen LogP contribution in [-0.4, -0.2) is 23.5 Å². The van der Waals surface area contributed by atoms with Gasteiger partial charge in [-0.25, -0.2) is 4.98 Å². The zero-order chi connectivity index (χ0) is 12.3. The van der Waals surface area contributed by atoms with Gasteiger partial charge in [0.2, 0.25) is 5.91 Å². The summed E-state index contributed by atoms with van der Waals surface area (Å²) < 4.78 is 0.764. The van der Waals surface area contributed by atoms with Gasteiger partial charge in [-0.1, -0.05) is 6.92 Å². The van der Waals surface area contributed by atoms with Crippen LogP contribution in [0, 0.1) is 5.92 Å². The van der Waals surface area contributed by atoms with Gasteiger partial charge in [-0.2, -0.15) is 0 Å². The Bertz CT molecular complexity index is 393. The third kappa shape index (κ3) is 3.51. The van der Waals surface area contributed by atoms with E-state index < -0.39 is 0 Å². The molecule has 2 rings (SSSR count). The standard InChI is InChI=1S/C12H16BrN3O/c1-8-4-5-14-10(6-8)12(17)16-9-2-3-11(13)15-7-9/h2-3,7-8,10,14H,4-6H2,1H3,(H,16,17). The van der Waals surface area contributed by atoms with Gasteiger partial charge < -0.3 is 10.6 Å². The van der Waals surface area contributed by atoms with Crippen molar-refractivity contribution in [2.75, 3.05) is 11.9 Å². The molecule has 0 spiro atoms. The summed E-state index contributed by atoms with van der Waals surface area (Å²) in [5, 5.41) is 6.11. The summed E-state index contributed by atoms with van der Waals surface area (Å²) in [7, 11) is 0. The number of anilines is 1. The Labute approximate surface area is 109 Å². The fourth-order valence-corrected chi connectivity index (χ4v) is 2.22. The molecule has 2 N–H and O–H groups in total. The minimum absolute atomic E-state index is 0.0284. The fourth-order valence-electron chi connectivity index (χ4n) is 1.99. The lowest BCUT2D eigenvalue weighted by atomic mass is 9.94. The molecule has 4 nitrogen and oxygen atoms in total. The highest BCUT2D eigenvalue weighted by Gasteiger charge is 2.24. The van der Waals surface area contributed by atoms with Crippen molar-refractivity contribution in [1.29, 1.82) is 0 Å². The van der Waals surface area contributed by atoms with Gasteiger partial charge in [-0.3, -0.25) is 4.79 Å². The molecule has 0 aromatic carbocycles. The first kappa shape index (κ1) is 12.5. The number of carbonyl (C=O) groups excluding carboxylic acids is 1. The Balaban J connectivity index is 1.94. The van der Waals surface area contributed by atoms with Crippen LogP contribution < -0.4 is 10.6 Å². The number of piperidine rings is 1. The highest BCUT2D eigenvalue weighted by atomic mass is 79.9. The second-order valence-electron chi connectivity index (χ2n) is 4.50. The van der Waals surface area contributed by atoms with Gasteiger partial charge in [0.1, 0.15) is 4.60 Å². The average Bonchev–Trinajstić information content (AvgIpc) is 2.32. The van der Waals surface area contributed by atoms with Gasteiger partial charge in [0, 0.05) is 0 Å². The molecule has 0 radical (unpaired) electrons. The van der Waals surface area contributed by atoms with Crippen molar-refractivity contribution >= 4 is 27.5 Å². The highest BCUT2D eigenvalue weighted by molar-refractivity contribution is 9.10. The van der Waals surface area contributed by atoms with Crippen LogP contribution in [0.4, 0.5) is 5.69 Å². The van der Waals surface area contributed by atoms with E-state index in [9.17, 15) is 4.79 Å². The summed E-state index contributed by atoms with van der Waals surface area (Å²) in [5.41, 5.74) is 0.734. The van der Waals surface area contributed by atoms with Crippen LogP contribution >= 0.6 is 15.9 Å². The number of pyridine rings is 1. The van der Waals surface area contributed by atoms with Crippen LogP contribution in [0.1, 0.15) is 19.8 Å². The van der Waals surface area contributed by atoms with Crippen molar-refractivity contribution in [2.45, 2.75) is 25.8 Å². The molecular formula is C12H16BrN3O. The van der Waals surface area contributed by atoms with Crippen LogP contribution in [-0.2, 0) is 4.79 Å². The van der Waals surface area contributed by atoms with E-state index in [0.717, 1.165) is 29.7 Å². The van der Waals surface area contributed by atoms with Gasteiger partial charge in [0.05, 0.1) is 17.9 Å². The second-order valence-corrected chi connectivity index (χ2v) is 5.31. The Morgan fingerprint density at radius 3 is 3.06 bits per heavy atom. The Hall–Kier alpha value is -0.940. The number of nitrogens with zero attached hydrogens (tertiary/aromatic N) is 1. The number of hydrogen-bond donors (Lipinski definition) is 2. The lowest BCUT2D eigenvalue weighted by Gasteiger charge is -2.27. The molecule has 1 aliphatic rings. The number of aromatic nitrogens is 1. The Morgan fingerprint density at radius 2 is 2.41 bits per heavy atom. The predicted octanol–water partition coefficient (Wildman–Crippen LogP) is 2.17. The summed E-state index contributed by atoms with van der Waals surface area (Å²) >= 11 is 3.26. The van der Waals surface area contributed by atoms with E-state index >= 15 is 0 Å². The summed E-state index contributed by atoms with van der Waals surface area (Å²) in [6.07, 6.45) is 3.69. The fraction of sp³-hybridized carbons (Fsp3) is 0.500. The maximum absolute atomic E-state index is 12.0. The van der Waals surface area contributed by atoms with Crippen molar-refractivity contribution in [3.63, 3.8) is 0 Å². The molecule has 92 valence electrons. The number of halogens is 1. The van der Waals surface area contributed by atoms with Crippen molar-refractivity contribution in [1.82, 2.24) is 10.3 Å². The highest BCUT2D eigenvalue weighted by Crippen LogP contribution is 2.17. The van der Waals surface area contributed by atoms with Gasteiger partial charge in [-0.15, -0.1) is 0 Å². The van der Waals surface area contributed by atoms with Crippen molar-refractivity contribution in [2.24, 2.45) is 5.92 Å². The summed E-state index contributed by atoms with van der Waals surface area (Å²) in [6, 6.07) is 3.57. The molecule has 2 heterocycles. The van der Waals surface area contributed by atoms with E-state index in [4.69, 9.17) is 0 Å². The van der Waals surface area contributed by atoms with Crippen molar-refractivity contribution in [3.8, 4) is 0 Å². The quantitative estimate of drug-likeness (QED) is 0.823. The van der Waals surface area contributed by atoms with E-state index in [1.54, 1.807) is 6.20 Å². The van der Waals surface area contributed by atoms with E-state index in [2.05, 4.69) is 38.5 Å². The smallest absolute Gasteiger partial charge is 0.241 e. The molecule has 1 aromatic heterocycles. The number of carbonyl (C=O) groups is 1. The van der Waals surface area contributed by atoms with E-state index in [0.29, 0.717) is 5.92 Å². The number of rotatable bonds is 2. The first-order valence-corrected chi connectivity index (χ1v) is 6.60. The molecule has 0 aliphatic carbocycles. The van der Waals surface area contributed by atoms with E-state index in [1.807, 2.05) is 12.1 Å².